The lowest BCUT2D eigenvalue weighted by Crippen LogP contribution is -2.76. The summed E-state index contributed by atoms with van der Waals surface area (Å²) in [5, 5.41) is 31.5. The smallest absolute Gasteiger partial charge is 0.248 e. The van der Waals surface area contributed by atoms with Crippen molar-refractivity contribution < 1.29 is 29.5 Å². The Labute approximate surface area is 123 Å². The first-order chi connectivity index (χ1) is 9.82. The van der Waals surface area contributed by atoms with Crippen molar-refractivity contribution in [2.24, 2.45) is 11.5 Å². The van der Waals surface area contributed by atoms with Gasteiger partial charge in [-0.2, -0.15) is 0 Å². The van der Waals surface area contributed by atoms with Crippen LogP contribution in [0.5, 0.6) is 0 Å². The van der Waals surface area contributed by atoms with Crippen molar-refractivity contribution in [1.29, 1.82) is 0 Å². The fourth-order valence-corrected chi connectivity index (χ4v) is 3.50. The average Bonchev–Trinajstić information content (AvgIpc) is 2.46. The zero-order chi connectivity index (χ0) is 15.4. The van der Waals surface area contributed by atoms with Gasteiger partial charge in [-0.15, -0.1) is 0 Å². The van der Waals surface area contributed by atoms with Gasteiger partial charge in [0.2, 0.25) is 12.1 Å². The molecule has 0 bridgehead atoms. The van der Waals surface area contributed by atoms with Crippen LogP contribution in [0.1, 0.15) is 26.2 Å². The average molecular weight is 304 g/mol. The first-order valence-corrected chi connectivity index (χ1v) is 7.41. The molecule has 8 atom stereocenters. The summed E-state index contributed by atoms with van der Waals surface area (Å²) >= 11 is 0. The van der Waals surface area contributed by atoms with E-state index in [-0.39, 0.29) is 19.4 Å². The maximum Gasteiger partial charge on any atom is 0.248 e. The molecule has 8 heteroatoms. The Hall–Kier alpha value is -0.320. The van der Waals surface area contributed by atoms with E-state index in [2.05, 4.69) is 0 Å². The van der Waals surface area contributed by atoms with Gasteiger partial charge in [0, 0.05) is 12.5 Å². The van der Waals surface area contributed by atoms with Crippen LogP contribution in [0.25, 0.3) is 0 Å². The molecule has 7 N–H and O–H groups in total. The van der Waals surface area contributed by atoms with Crippen molar-refractivity contribution in [1.82, 2.24) is 0 Å². The summed E-state index contributed by atoms with van der Waals surface area (Å²) in [6.45, 7) is 2.01. The van der Waals surface area contributed by atoms with Crippen molar-refractivity contribution in [3.05, 3.63) is 0 Å². The number of ether oxygens (including phenoxy) is 3. The van der Waals surface area contributed by atoms with Crippen LogP contribution in [0, 0.1) is 0 Å². The quantitative estimate of drug-likeness (QED) is 0.366. The molecule has 122 valence electrons. The third kappa shape index (κ3) is 2.13. The lowest BCUT2D eigenvalue weighted by Gasteiger charge is -2.57. The largest absolute Gasteiger partial charge is 0.390 e. The fourth-order valence-electron chi connectivity index (χ4n) is 3.50. The van der Waals surface area contributed by atoms with Gasteiger partial charge >= 0.3 is 0 Å². The fraction of sp³-hybridized carbons (Fsp3) is 1.00. The van der Waals surface area contributed by atoms with Crippen LogP contribution in [-0.2, 0) is 14.2 Å². The van der Waals surface area contributed by atoms with Crippen LogP contribution >= 0.6 is 0 Å². The third-order valence-electron chi connectivity index (χ3n) is 5.05. The normalized spacial score (nSPS) is 57.4. The summed E-state index contributed by atoms with van der Waals surface area (Å²) in [5.74, 6) is -2.00. The first kappa shape index (κ1) is 15.6. The van der Waals surface area contributed by atoms with Gasteiger partial charge in [-0.1, -0.05) is 6.92 Å². The predicted octanol–water partition coefficient (Wildman–Crippen LogP) is -2.23. The number of aliphatic hydroxyl groups excluding tert-OH is 1. The molecule has 0 radical (unpaired) electrons. The molecule has 21 heavy (non-hydrogen) atoms. The summed E-state index contributed by atoms with van der Waals surface area (Å²) in [6, 6.07) is -1.32. The van der Waals surface area contributed by atoms with Crippen LogP contribution in [0.2, 0.25) is 0 Å². The number of hydrogen-bond donors (Lipinski definition) is 5. The van der Waals surface area contributed by atoms with E-state index in [0.717, 1.165) is 0 Å². The molecule has 1 aliphatic carbocycles. The molecule has 2 saturated heterocycles. The highest BCUT2D eigenvalue weighted by atomic mass is 16.8. The van der Waals surface area contributed by atoms with Gasteiger partial charge < -0.3 is 41.0 Å². The molecule has 3 fully saturated rings. The van der Waals surface area contributed by atoms with E-state index >= 15 is 0 Å². The molecule has 3 unspecified atom stereocenters. The topological polar surface area (TPSA) is 140 Å². The second kappa shape index (κ2) is 5.10. The molecule has 0 aromatic heterocycles. The van der Waals surface area contributed by atoms with Crippen molar-refractivity contribution in [3.63, 3.8) is 0 Å². The van der Waals surface area contributed by atoms with E-state index in [1.165, 1.54) is 0 Å². The van der Waals surface area contributed by atoms with Gasteiger partial charge in [0.05, 0.1) is 24.9 Å². The highest BCUT2D eigenvalue weighted by Gasteiger charge is 2.65. The Morgan fingerprint density at radius 2 is 2.00 bits per heavy atom. The molecule has 3 aliphatic rings. The Kier molecular flexibility index (Phi) is 3.78. The van der Waals surface area contributed by atoms with Crippen LogP contribution in [0.15, 0.2) is 0 Å². The minimum atomic E-state index is -2.00. The van der Waals surface area contributed by atoms with Gasteiger partial charge in [0.15, 0.2) is 0 Å². The number of aliphatic hydroxyl groups is 3. The lowest BCUT2D eigenvalue weighted by molar-refractivity contribution is -0.470. The zero-order valence-corrected chi connectivity index (χ0v) is 12.0. The zero-order valence-electron chi connectivity index (χ0n) is 12.0. The summed E-state index contributed by atoms with van der Waals surface area (Å²) in [5.41, 5.74) is 10.3. The second-order valence-electron chi connectivity index (χ2n) is 6.26. The van der Waals surface area contributed by atoms with Gasteiger partial charge in [-0.05, 0) is 12.8 Å². The van der Waals surface area contributed by atoms with Gasteiger partial charge in [-0.25, -0.2) is 0 Å². The number of nitrogens with two attached hydrogens (primary N) is 2. The van der Waals surface area contributed by atoms with Crippen LogP contribution in [-0.4, -0.2) is 70.0 Å². The van der Waals surface area contributed by atoms with Crippen molar-refractivity contribution in [3.8, 4) is 0 Å². The van der Waals surface area contributed by atoms with E-state index in [0.29, 0.717) is 6.42 Å². The highest BCUT2D eigenvalue weighted by molar-refractivity contribution is 5.07. The molecule has 0 aromatic rings. The van der Waals surface area contributed by atoms with Crippen molar-refractivity contribution in [2.45, 2.75) is 74.3 Å². The van der Waals surface area contributed by atoms with Gasteiger partial charge in [0.25, 0.3) is 0 Å². The van der Waals surface area contributed by atoms with Crippen LogP contribution in [0.4, 0.5) is 0 Å². The molecular formula is C13H24N2O6. The highest BCUT2D eigenvalue weighted by Crippen LogP contribution is 2.45. The Bertz CT molecular complexity index is 412. The second-order valence-corrected chi connectivity index (χ2v) is 6.26. The number of fused-ring (bicyclic) bond motifs is 2. The molecule has 0 amide bonds. The molecule has 0 spiro atoms. The molecule has 2 heterocycles. The van der Waals surface area contributed by atoms with Gasteiger partial charge in [0.1, 0.15) is 11.7 Å². The van der Waals surface area contributed by atoms with E-state index in [1.807, 2.05) is 0 Å². The van der Waals surface area contributed by atoms with Crippen LogP contribution < -0.4 is 11.5 Å². The minimum Gasteiger partial charge on any atom is -0.390 e. The van der Waals surface area contributed by atoms with Gasteiger partial charge in [-0.3, -0.25) is 0 Å². The Morgan fingerprint density at radius 3 is 2.67 bits per heavy atom. The van der Waals surface area contributed by atoms with E-state index in [1.54, 1.807) is 6.92 Å². The number of rotatable bonds is 1. The van der Waals surface area contributed by atoms with Crippen molar-refractivity contribution >= 4 is 0 Å². The summed E-state index contributed by atoms with van der Waals surface area (Å²) < 4.78 is 16.9. The Balaban J connectivity index is 1.90. The maximum absolute atomic E-state index is 10.8. The number of hydrogen-bond acceptors (Lipinski definition) is 8. The minimum absolute atomic E-state index is 0.231. The lowest BCUT2D eigenvalue weighted by atomic mass is 9.79. The standard InChI is InChI=1S/C13H24N2O6/c1-2-12(17)3-4-19-11-13(12,18)21-10-7(20-11)5-6(14)9(16)8(10)15/h6-11,16-18H,2-5,14-15H2,1H3/t6-,7?,8-,9-,10?,11?,12-,13+/m0/s1. The van der Waals surface area contributed by atoms with E-state index < -0.39 is 48.1 Å². The van der Waals surface area contributed by atoms with Crippen LogP contribution in [0.3, 0.4) is 0 Å². The molecule has 8 nitrogen and oxygen atoms in total. The third-order valence-corrected chi connectivity index (χ3v) is 5.05. The molecule has 3 rings (SSSR count). The predicted molar refractivity (Wildman–Crippen MR) is 70.9 cm³/mol. The SMILES string of the molecule is CC[C@]1(O)CCOC2OC3C[C@H](N)[C@H](O)[C@H](N)C3O[C@]21O. The first-order valence-electron chi connectivity index (χ1n) is 7.41. The van der Waals surface area contributed by atoms with E-state index in [4.69, 9.17) is 25.7 Å². The molecule has 0 aromatic carbocycles. The summed E-state index contributed by atoms with van der Waals surface area (Å²) in [6.07, 6.45) is -2.42. The monoisotopic (exact) mass is 304 g/mol. The molecule has 1 saturated carbocycles. The maximum atomic E-state index is 10.8. The Morgan fingerprint density at radius 1 is 1.29 bits per heavy atom. The summed E-state index contributed by atoms with van der Waals surface area (Å²) in [4.78, 5) is 0. The molecule has 2 aliphatic heterocycles. The summed E-state index contributed by atoms with van der Waals surface area (Å²) in [7, 11) is 0. The van der Waals surface area contributed by atoms with E-state index in [9.17, 15) is 15.3 Å². The van der Waals surface area contributed by atoms with Crippen molar-refractivity contribution in [2.75, 3.05) is 6.61 Å². The molecular weight excluding hydrogens is 280 g/mol.